The zero-order valence-electron chi connectivity index (χ0n) is 13.5. The summed E-state index contributed by atoms with van der Waals surface area (Å²) >= 11 is 0. The van der Waals surface area contributed by atoms with Crippen molar-refractivity contribution in [3.63, 3.8) is 0 Å². The molecule has 1 aliphatic heterocycles. The Kier molecular flexibility index (Phi) is 5.10. The summed E-state index contributed by atoms with van der Waals surface area (Å²) in [4.78, 5) is 2.30. The Balaban J connectivity index is 1.59. The molecule has 0 amide bonds. The van der Waals surface area contributed by atoms with Crippen LogP contribution in [-0.2, 0) is 7.05 Å². The van der Waals surface area contributed by atoms with Gasteiger partial charge >= 0.3 is 0 Å². The van der Waals surface area contributed by atoms with Gasteiger partial charge in [-0.1, -0.05) is 30.3 Å². The van der Waals surface area contributed by atoms with E-state index in [0.717, 1.165) is 30.5 Å². The molecule has 2 N–H and O–H groups in total. The zero-order chi connectivity index (χ0) is 16.2. The van der Waals surface area contributed by atoms with Crippen LogP contribution in [0.3, 0.4) is 0 Å². The van der Waals surface area contributed by atoms with Gasteiger partial charge in [0.25, 0.3) is 0 Å². The van der Waals surface area contributed by atoms with E-state index in [9.17, 15) is 10.2 Å². The number of rotatable bonds is 6. The van der Waals surface area contributed by atoms with Crippen molar-refractivity contribution in [3.05, 3.63) is 53.9 Å². The molecule has 0 spiro atoms. The van der Waals surface area contributed by atoms with E-state index in [1.807, 2.05) is 43.6 Å². The Morgan fingerprint density at radius 3 is 2.65 bits per heavy atom. The Bertz CT molecular complexity index is 614. The Labute approximate surface area is 137 Å². The van der Waals surface area contributed by atoms with Gasteiger partial charge in [-0.25, -0.2) is 0 Å². The maximum Gasteiger partial charge on any atom is 0.0917 e. The number of aliphatic hydroxyl groups is 2. The van der Waals surface area contributed by atoms with E-state index < -0.39 is 12.2 Å². The predicted octanol–water partition coefficient (Wildman–Crippen LogP) is 2.04. The summed E-state index contributed by atoms with van der Waals surface area (Å²) in [6, 6.07) is 10.1. The zero-order valence-corrected chi connectivity index (χ0v) is 13.5. The number of hydrogen-bond acceptors (Lipinski definition) is 4. The van der Waals surface area contributed by atoms with Crippen LogP contribution in [0.15, 0.2) is 42.7 Å². The number of hydrogen-bond donors (Lipinski definition) is 2. The first-order chi connectivity index (χ1) is 11.1. The van der Waals surface area contributed by atoms with Crippen LogP contribution in [0.25, 0.3) is 0 Å². The monoisotopic (exact) mass is 315 g/mol. The molecule has 2 heterocycles. The lowest BCUT2D eigenvalue weighted by Gasteiger charge is -2.28. The fraction of sp³-hybridized carbons (Fsp3) is 0.500. The molecule has 1 aromatic carbocycles. The summed E-state index contributed by atoms with van der Waals surface area (Å²) in [5.74, 6) is 0. The highest BCUT2D eigenvalue weighted by Gasteiger charge is 2.29. The van der Waals surface area contributed by atoms with E-state index in [1.165, 1.54) is 0 Å². The van der Waals surface area contributed by atoms with Gasteiger partial charge in [-0.05, 0) is 31.4 Å². The summed E-state index contributed by atoms with van der Waals surface area (Å²) in [5, 5.41) is 25.0. The minimum absolute atomic E-state index is 0.309. The number of benzene rings is 1. The fourth-order valence-corrected chi connectivity index (χ4v) is 3.41. The van der Waals surface area contributed by atoms with Gasteiger partial charge in [0.2, 0.25) is 0 Å². The fourth-order valence-electron chi connectivity index (χ4n) is 3.41. The molecule has 0 aliphatic carbocycles. The van der Waals surface area contributed by atoms with Crippen LogP contribution in [0.2, 0.25) is 0 Å². The largest absolute Gasteiger partial charge is 0.388 e. The van der Waals surface area contributed by atoms with Crippen LogP contribution in [0.1, 0.15) is 42.6 Å². The van der Waals surface area contributed by atoms with E-state index >= 15 is 0 Å². The van der Waals surface area contributed by atoms with E-state index in [-0.39, 0.29) is 0 Å². The van der Waals surface area contributed by atoms with Crippen molar-refractivity contribution in [1.82, 2.24) is 14.7 Å². The van der Waals surface area contributed by atoms with Gasteiger partial charge in [0.05, 0.1) is 18.4 Å². The van der Waals surface area contributed by atoms with E-state index in [0.29, 0.717) is 19.0 Å². The highest BCUT2D eigenvalue weighted by atomic mass is 16.3. The number of aliphatic hydroxyl groups excluding tert-OH is 2. The van der Waals surface area contributed by atoms with E-state index in [2.05, 4.69) is 10.00 Å². The second kappa shape index (κ2) is 7.25. The summed E-state index contributed by atoms with van der Waals surface area (Å²) in [6.45, 7) is 1.60. The van der Waals surface area contributed by atoms with Crippen molar-refractivity contribution in [3.8, 4) is 0 Å². The lowest BCUT2D eigenvalue weighted by atomic mass is 10.0. The SMILES string of the molecule is Cn1cc(C(O)CC2CCCN2CC(O)c2ccccc2)cn1. The molecule has 124 valence electrons. The van der Waals surface area contributed by atoms with Gasteiger partial charge in [-0.3, -0.25) is 9.58 Å². The van der Waals surface area contributed by atoms with Crippen LogP contribution in [0, 0.1) is 0 Å². The summed E-state index contributed by atoms with van der Waals surface area (Å²) in [6.07, 6.45) is 5.49. The van der Waals surface area contributed by atoms with Crippen molar-refractivity contribution >= 4 is 0 Å². The lowest BCUT2D eigenvalue weighted by Crippen LogP contribution is -2.34. The number of likely N-dealkylation sites (tertiary alicyclic amines) is 1. The molecule has 1 saturated heterocycles. The molecule has 5 nitrogen and oxygen atoms in total. The molecule has 5 heteroatoms. The van der Waals surface area contributed by atoms with Gasteiger partial charge in [-0.15, -0.1) is 0 Å². The van der Waals surface area contributed by atoms with Gasteiger partial charge in [-0.2, -0.15) is 5.10 Å². The third-order valence-corrected chi connectivity index (χ3v) is 4.70. The van der Waals surface area contributed by atoms with Crippen LogP contribution >= 0.6 is 0 Å². The minimum atomic E-state index is -0.497. The second-order valence-electron chi connectivity index (χ2n) is 6.42. The first kappa shape index (κ1) is 16.2. The van der Waals surface area contributed by atoms with Crippen LogP contribution < -0.4 is 0 Å². The van der Waals surface area contributed by atoms with Gasteiger partial charge in [0.15, 0.2) is 0 Å². The van der Waals surface area contributed by atoms with Gasteiger partial charge in [0.1, 0.15) is 0 Å². The first-order valence-corrected chi connectivity index (χ1v) is 8.27. The Morgan fingerprint density at radius 1 is 1.17 bits per heavy atom. The molecule has 1 aliphatic rings. The van der Waals surface area contributed by atoms with Crippen molar-refractivity contribution in [2.45, 2.75) is 37.5 Å². The normalized spacial score (nSPS) is 21.4. The molecule has 0 saturated carbocycles. The molecule has 23 heavy (non-hydrogen) atoms. The molecule has 0 radical (unpaired) electrons. The average molecular weight is 315 g/mol. The van der Waals surface area contributed by atoms with Crippen molar-refractivity contribution < 1.29 is 10.2 Å². The minimum Gasteiger partial charge on any atom is -0.388 e. The van der Waals surface area contributed by atoms with Crippen LogP contribution in [0.5, 0.6) is 0 Å². The molecule has 3 unspecified atom stereocenters. The van der Waals surface area contributed by atoms with Gasteiger partial charge in [0, 0.05) is 31.4 Å². The van der Waals surface area contributed by atoms with E-state index in [1.54, 1.807) is 10.9 Å². The number of nitrogens with zero attached hydrogens (tertiary/aromatic N) is 3. The third-order valence-electron chi connectivity index (χ3n) is 4.70. The number of β-amino-alcohol motifs (C(OH)–C–C–N with tert-alkyl or cyclic N) is 1. The van der Waals surface area contributed by atoms with Gasteiger partial charge < -0.3 is 10.2 Å². The standard InChI is InChI=1S/C18H25N3O2/c1-20-12-15(11-19-20)17(22)10-16-8-5-9-21(16)13-18(23)14-6-3-2-4-7-14/h2-4,6-7,11-12,16-18,22-23H,5,8-10,13H2,1H3. The molecule has 3 rings (SSSR count). The van der Waals surface area contributed by atoms with Crippen molar-refractivity contribution in [1.29, 1.82) is 0 Å². The molecule has 1 fully saturated rings. The highest BCUT2D eigenvalue weighted by Crippen LogP contribution is 2.28. The molecular formula is C18H25N3O2. The highest BCUT2D eigenvalue weighted by molar-refractivity contribution is 5.17. The maximum absolute atomic E-state index is 10.4. The summed E-state index contributed by atoms with van der Waals surface area (Å²) < 4.78 is 1.71. The molecule has 0 bridgehead atoms. The molecule has 2 aromatic rings. The number of aryl methyl sites for hydroxylation is 1. The second-order valence-corrected chi connectivity index (χ2v) is 6.42. The Morgan fingerprint density at radius 2 is 1.96 bits per heavy atom. The van der Waals surface area contributed by atoms with Crippen molar-refractivity contribution in [2.24, 2.45) is 7.05 Å². The quantitative estimate of drug-likeness (QED) is 0.856. The third kappa shape index (κ3) is 3.99. The number of aromatic nitrogens is 2. The average Bonchev–Trinajstić information content (AvgIpc) is 3.17. The van der Waals surface area contributed by atoms with Crippen LogP contribution in [-0.4, -0.2) is 44.0 Å². The maximum atomic E-state index is 10.4. The molecule has 3 atom stereocenters. The predicted molar refractivity (Wildman–Crippen MR) is 88.8 cm³/mol. The molecule has 1 aromatic heterocycles. The smallest absolute Gasteiger partial charge is 0.0917 e. The summed E-state index contributed by atoms with van der Waals surface area (Å²) in [7, 11) is 1.86. The van der Waals surface area contributed by atoms with Crippen LogP contribution in [0.4, 0.5) is 0 Å². The first-order valence-electron chi connectivity index (χ1n) is 8.27. The topological polar surface area (TPSA) is 61.5 Å². The van der Waals surface area contributed by atoms with E-state index in [4.69, 9.17) is 0 Å². The van der Waals surface area contributed by atoms with Crippen molar-refractivity contribution in [2.75, 3.05) is 13.1 Å². The lowest BCUT2D eigenvalue weighted by molar-refractivity contribution is 0.0784. The Hall–Kier alpha value is -1.69. The molecular weight excluding hydrogens is 290 g/mol. The summed E-state index contributed by atoms with van der Waals surface area (Å²) in [5.41, 5.74) is 1.81.